The van der Waals surface area contributed by atoms with E-state index in [4.69, 9.17) is 5.73 Å². The lowest BCUT2D eigenvalue weighted by Crippen LogP contribution is -2.39. The van der Waals surface area contributed by atoms with E-state index < -0.39 is 0 Å². The molecule has 5 heteroatoms. The van der Waals surface area contributed by atoms with Gasteiger partial charge in [0.1, 0.15) is 0 Å². The Morgan fingerprint density at radius 2 is 2.11 bits per heavy atom. The van der Waals surface area contributed by atoms with Crippen molar-refractivity contribution in [2.24, 2.45) is 11.1 Å². The normalized spacial score (nSPS) is 19.1. The molecule has 0 aromatic carbocycles. The quantitative estimate of drug-likeness (QED) is 0.770. The second kappa shape index (κ2) is 6.18. The van der Waals surface area contributed by atoms with Crippen LogP contribution in [-0.4, -0.2) is 42.4 Å². The fourth-order valence-electron chi connectivity index (χ4n) is 2.23. The Bertz CT molecular complexity index is 310. The molecule has 0 saturated carbocycles. The molecule has 0 spiro atoms. The molecular weight excluding hydrogens is 230 g/mol. The molecule has 1 heterocycles. The summed E-state index contributed by atoms with van der Waals surface area (Å²) in [5.41, 5.74) is 6.14. The molecule has 1 rings (SSSR count). The molecule has 2 amide bonds. The Kier molecular flexibility index (Phi) is 5.14. The van der Waals surface area contributed by atoms with Crippen LogP contribution in [0, 0.1) is 5.41 Å². The Labute approximate surface area is 109 Å². The van der Waals surface area contributed by atoms with E-state index in [2.05, 4.69) is 26.1 Å². The van der Waals surface area contributed by atoms with Crippen LogP contribution in [0.1, 0.15) is 40.0 Å². The van der Waals surface area contributed by atoms with Crippen LogP contribution in [0.3, 0.4) is 0 Å². The van der Waals surface area contributed by atoms with Crippen molar-refractivity contribution in [2.75, 3.05) is 19.6 Å². The summed E-state index contributed by atoms with van der Waals surface area (Å²) in [7, 11) is 0. The van der Waals surface area contributed by atoms with Crippen molar-refractivity contribution in [3.8, 4) is 0 Å². The van der Waals surface area contributed by atoms with Gasteiger partial charge in [-0.2, -0.15) is 0 Å². The summed E-state index contributed by atoms with van der Waals surface area (Å²) in [5, 5.41) is 2.76. The first-order valence-corrected chi connectivity index (χ1v) is 6.58. The van der Waals surface area contributed by atoms with Crippen molar-refractivity contribution in [1.82, 2.24) is 10.2 Å². The molecule has 18 heavy (non-hydrogen) atoms. The maximum absolute atomic E-state index is 12.1. The van der Waals surface area contributed by atoms with E-state index in [1.54, 1.807) is 4.90 Å². The van der Waals surface area contributed by atoms with Gasteiger partial charge in [-0.3, -0.25) is 9.59 Å². The average molecular weight is 255 g/mol. The summed E-state index contributed by atoms with van der Waals surface area (Å²) < 4.78 is 0. The summed E-state index contributed by atoms with van der Waals surface area (Å²) in [4.78, 5) is 25.0. The Morgan fingerprint density at radius 1 is 1.44 bits per heavy atom. The van der Waals surface area contributed by atoms with Crippen LogP contribution in [0.2, 0.25) is 0 Å². The van der Waals surface area contributed by atoms with Crippen LogP contribution in [-0.2, 0) is 9.59 Å². The minimum atomic E-state index is -0.107. The van der Waals surface area contributed by atoms with E-state index in [1.165, 1.54) is 0 Å². The van der Waals surface area contributed by atoms with Crippen LogP contribution in [0.5, 0.6) is 0 Å². The smallest absolute Gasteiger partial charge is 0.224 e. The molecule has 1 aliphatic heterocycles. The van der Waals surface area contributed by atoms with Crippen molar-refractivity contribution in [2.45, 2.75) is 46.1 Å². The summed E-state index contributed by atoms with van der Waals surface area (Å²) in [6.07, 6.45) is 1.58. The largest absolute Gasteiger partial charge is 0.354 e. The Hall–Kier alpha value is -1.10. The van der Waals surface area contributed by atoms with E-state index >= 15 is 0 Å². The first-order chi connectivity index (χ1) is 8.28. The van der Waals surface area contributed by atoms with Crippen LogP contribution in [0.4, 0.5) is 0 Å². The number of carbonyl (C=O) groups excluding carboxylic acids is 2. The molecule has 1 atom stereocenters. The first-order valence-electron chi connectivity index (χ1n) is 6.58. The molecule has 1 unspecified atom stereocenters. The van der Waals surface area contributed by atoms with Gasteiger partial charge in [0.15, 0.2) is 0 Å². The highest BCUT2D eigenvalue weighted by atomic mass is 16.2. The van der Waals surface area contributed by atoms with Crippen molar-refractivity contribution in [1.29, 1.82) is 0 Å². The number of nitrogens with two attached hydrogens (primary N) is 1. The summed E-state index contributed by atoms with van der Waals surface area (Å²) in [6.45, 7) is 7.99. The maximum Gasteiger partial charge on any atom is 0.224 e. The van der Waals surface area contributed by atoms with E-state index in [0.29, 0.717) is 32.5 Å². The molecule has 1 fully saturated rings. The van der Waals surface area contributed by atoms with Crippen LogP contribution in [0.25, 0.3) is 0 Å². The van der Waals surface area contributed by atoms with Gasteiger partial charge in [0, 0.05) is 38.5 Å². The first kappa shape index (κ1) is 15.0. The molecule has 1 saturated heterocycles. The standard InChI is InChI=1S/C13H25N3O2/c1-13(2,3)9-10(14)8-12(18)16-6-4-11(17)15-5-7-16/h10H,4-9,14H2,1-3H3,(H,15,17). The van der Waals surface area contributed by atoms with E-state index in [0.717, 1.165) is 6.42 Å². The second-order valence-electron chi connectivity index (χ2n) is 6.21. The summed E-state index contributed by atoms with van der Waals surface area (Å²) in [5.74, 6) is 0.0764. The minimum Gasteiger partial charge on any atom is -0.354 e. The lowest BCUT2D eigenvalue weighted by atomic mass is 9.87. The number of rotatable bonds is 3. The van der Waals surface area contributed by atoms with Gasteiger partial charge in [-0.05, 0) is 11.8 Å². The third-order valence-corrected chi connectivity index (χ3v) is 2.98. The maximum atomic E-state index is 12.1. The predicted molar refractivity (Wildman–Crippen MR) is 70.9 cm³/mol. The zero-order valence-electron chi connectivity index (χ0n) is 11.7. The van der Waals surface area contributed by atoms with E-state index in [9.17, 15) is 9.59 Å². The minimum absolute atomic E-state index is 0.0179. The molecule has 0 aliphatic carbocycles. The molecule has 0 radical (unpaired) electrons. The van der Waals surface area contributed by atoms with Crippen molar-refractivity contribution in [3.63, 3.8) is 0 Å². The molecule has 3 N–H and O–H groups in total. The second-order valence-corrected chi connectivity index (χ2v) is 6.21. The van der Waals surface area contributed by atoms with E-state index in [1.807, 2.05) is 0 Å². The fraction of sp³-hybridized carbons (Fsp3) is 0.846. The van der Waals surface area contributed by atoms with Crippen molar-refractivity contribution in [3.05, 3.63) is 0 Å². The molecule has 0 aromatic rings. The molecule has 0 bridgehead atoms. The molecule has 5 nitrogen and oxygen atoms in total. The van der Waals surface area contributed by atoms with Crippen molar-refractivity contribution >= 4 is 11.8 Å². The third-order valence-electron chi connectivity index (χ3n) is 2.98. The SMILES string of the molecule is CC(C)(C)CC(N)CC(=O)N1CCNC(=O)CC1. The fourth-order valence-corrected chi connectivity index (χ4v) is 2.23. The summed E-state index contributed by atoms with van der Waals surface area (Å²) >= 11 is 0. The number of amides is 2. The Balaban J connectivity index is 2.42. The number of carbonyl (C=O) groups is 2. The zero-order chi connectivity index (χ0) is 13.8. The topological polar surface area (TPSA) is 75.4 Å². The average Bonchev–Trinajstić information content (AvgIpc) is 2.39. The monoisotopic (exact) mass is 255 g/mol. The van der Waals surface area contributed by atoms with Gasteiger partial charge in [-0.1, -0.05) is 20.8 Å². The zero-order valence-corrected chi connectivity index (χ0v) is 11.7. The highest BCUT2D eigenvalue weighted by Crippen LogP contribution is 2.21. The molecule has 104 valence electrons. The van der Waals surface area contributed by atoms with Crippen LogP contribution >= 0.6 is 0 Å². The molecule has 0 aromatic heterocycles. The van der Waals surface area contributed by atoms with Crippen LogP contribution < -0.4 is 11.1 Å². The van der Waals surface area contributed by atoms with Gasteiger partial charge >= 0.3 is 0 Å². The number of nitrogens with zero attached hydrogens (tertiary/aromatic N) is 1. The van der Waals surface area contributed by atoms with Gasteiger partial charge in [-0.15, -0.1) is 0 Å². The van der Waals surface area contributed by atoms with Gasteiger partial charge in [0.2, 0.25) is 11.8 Å². The van der Waals surface area contributed by atoms with Gasteiger partial charge in [0.25, 0.3) is 0 Å². The number of nitrogens with one attached hydrogen (secondary N) is 1. The van der Waals surface area contributed by atoms with Gasteiger partial charge < -0.3 is 16.0 Å². The Morgan fingerprint density at radius 3 is 2.72 bits per heavy atom. The highest BCUT2D eigenvalue weighted by Gasteiger charge is 2.22. The number of hydrogen-bond donors (Lipinski definition) is 2. The predicted octanol–water partition coefficient (Wildman–Crippen LogP) is 0.489. The lowest BCUT2D eigenvalue weighted by Gasteiger charge is -2.25. The summed E-state index contributed by atoms with van der Waals surface area (Å²) in [6, 6.07) is -0.107. The van der Waals surface area contributed by atoms with Gasteiger partial charge in [-0.25, -0.2) is 0 Å². The molecule has 1 aliphatic rings. The van der Waals surface area contributed by atoms with Crippen LogP contribution in [0.15, 0.2) is 0 Å². The third kappa shape index (κ3) is 5.49. The lowest BCUT2D eigenvalue weighted by molar-refractivity contribution is -0.131. The van der Waals surface area contributed by atoms with E-state index in [-0.39, 0.29) is 23.3 Å². The molecular formula is C13H25N3O2. The highest BCUT2D eigenvalue weighted by molar-refractivity contribution is 5.80. The van der Waals surface area contributed by atoms with Gasteiger partial charge in [0.05, 0.1) is 0 Å². The van der Waals surface area contributed by atoms with Crippen molar-refractivity contribution < 1.29 is 9.59 Å². The number of hydrogen-bond acceptors (Lipinski definition) is 3.